The third kappa shape index (κ3) is 4.29. The van der Waals surface area contributed by atoms with Crippen molar-refractivity contribution in [3.63, 3.8) is 0 Å². The molecular weight excluding hydrogens is 454 g/mol. The van der Waals surface area contributed by atoms with Crippen LogP contribution in [0.15, 0.2) is 71.6 Å². The first kappa shape index (κ1) is 22.5. The van der Waals surface area contributed by atoms with Gasteiger partial charge in [0.15, 0.2) is 0 Å². The number of hydrogen-bond acceptors (Lipinski definition) is 5. The van der Waals surface area contributed by atoms with Gasteiger partial charge >= 0.3 is 0 Å². The van der Waals surface area contributed by atoms with Crippen molar-refractivity contribution in [2.24, 2.45) is 5.92 Å². The molecule has 1 N–H and O–H groups in total. The van der Waals surface area contributed by atoms with Gasteiger partial charge in [0.25, 0.3) is 0 Å². The van der Waals surface area contributed by atoms with E-state index in [4.69, 9.17) is 4.74 Å². The standard InChI is InChI=1S/C25H25N3O5S/c29-24-16-19(25(30)26-23-7-3-5-18-4-1-2-6-22(18)23)17-28(24)20-8-10-21(11-9-20)34(31,32)27-12-14-33-15-13-27/h1-11,19H,12-17H2,(H,26,30). The van der Waals surface area contributed by atoms with Crippen LogP contribution in [0.4, 0.5) is 11.4 Å². The van der Waals surface area contributed by atoms with Gasteiger partial charge in [-0.3, -0.25) is 9.59 Å². The Hall–Kier alpha value is -3.27. The third-order valence-electron chi connectivity index (χ3n) is 6.30. The normalized spacial score (nSPS) is 19.5. The minimum atomic E-state index is -3.61. The summed E-state index contributed by atoms with van der Waals surface area (Å²) in [6.45, 7) is 1.64. The lowest BCUT2D eigenvalue weighted by Crippen LogP contribution is -2.40. The molecule has 0 saturated carbocycles. The van der Waals surface area contributed by atoms with Crippen LogP contribution in [-0.4, -0.2) is 57.4 Å². The van der Waals surface area contributed by atoms with E-state index in [0.717, 1.165) is 10.8 Å². The van der Waals surface area contributed by atoms with Gasteiger partial charge in [0, 0.05) is 42.8 Å². The van der Waals surface area contributed by atoms with E-state index in [1.165, 1.54) is 16.4 Å². The van der Waals surface area contributed by atoms with E-state index in [2.05, 4.69) is 5.32 Å². The van der Waals surface area contributed by atoms with E-state index >= 15 is 0 Å². The summed E-state index contributed by atoms with van der Waals surface area (Å²) in [6.07, 6.45) is 0.102. The highest BCUT2D eigenvalue weighted by atomic mass is 32.2. The molecule has 1 atom stereocenters. The van der Waals surface area contributed by atoms with Crippen LogP contribution in [-0.2, 0) is 24.3 Å². The molecule has 2 fully saturated rings. The Balaban J connectivity index is 1.29. The monoisotopic (exact) mass is 479 g/mol. The zero-order valence-electron chi connectivity index (χ0n) is 18.5. The molecule has 0 aliphatic carbocycles. The topological polar surface area (TPSA) is 96.0 Å². The van der Waals surface area contributed by atoms with Gasteiger partial charge in [-0.15, -0.1) is 0 Å². The predicted octanol–water partition coefficient (Wildman–Crippen LogP) is 2.85. The molecule has 2 aliphatic heterocycles. The number of nitrogens with one attached hydrogen (secondary N) is 1. The molecule has 176 valence electrons. The van der Waals surface area contributed by atoms with Crippen LogP contribution in [0.2, 0.25) is 0 Å². The lowest BCUT2D eigenvalue weighted by molar-refractivity contribution is -0.122. The molecule has 3 aromatic rings. The van der Waals surface area contributed by atoms with Crippen molar-refractivity contribution in [1.29, 1.82) is 0 Å². The minimum Gasteiger partial charge on any atom is -0.379 e. The quantitative estimate of drug-likeness (QED) is 0.607. The van der Waals surface area contributed by atoms with E-state index in [0.29, 0.717) is 37.7 Å². The maximum absolute atomic E-state index is 13.0. The highest BCUT2D eigenvalue weighted by molar-refractivity contribution is 7.89. The molecule has 1 unspecified atom stereocenters. The van der Waals surface area contributed by atoms with Crippen molar-refractivity contribution < 1.29 is 22.7 Å². The number of ether oxygens (including phenoxy) is 1. The number of fused-ring (bicyclic) bond motifs is 1. The molecule has 0 radical (unpaired) electrons. The van der Waals surface area contributed by atoms with Gasteiger partial charge in [-0.1, -0.05) is 36.4 Å². The number of rotatable bonds is 5. The summed E-state index contributed by atoms with van der Waals surface area (Å²) in [5.74, 6) is -0.871. The van der Waals surface area contributed by atoms with Gasteiger partial charge in [-0.25, -0.2) is 8.42 Å². The van der Waals surface area contributed by atoms with Crippen LogP contribution in [0.3, 0.4) is 0 Å². The molecule has 2 saturated heterocycles. The van der Waals surface area contributed by atoms with Crippen LogP contribution in [0.5, 0.6) is 0 Å². The predicted molar refractivity (Wildman–Crippen MR) is 129 cm³/mol. The molecule has 5 rings (SSSR count). The second kappa shape index (κ2) is 9.17. The van der Waals surface area contributed by atoms with Crippen LogP contribution < -0.4 is 10.2 Å². The number of sulfonamides is 1. The van der Waals surface area contributed by atoms with E-state index in [1.807, 2.05) is 42.5 Å². The molecule has 0 bridgehead atoms. The number of benzene rings is 3. The van der Waals surface area contributed by atoms with Gasteiger partial charge in [0.2, 0.25) is 21.8 Å². The Kier molecular flexibility index (Phi) is 6.07. The van der Waals surface area contributed by atoms with Gasteiger partial charge in [0.05, 0.1) is 24.0 Å². The third-order valence-corrected chi connectivity index (χ3v) is 8.21. The zero-order valence-corrected chi connectivity index (χ0v) is 19.3. The van der Waals surface area contributed by atoms with Crippen LogP contribution in [0, 0.1) is 5.92 Å². The number of hydrogen-bond donors (Lipinski definition) is 1. The summed E-state index contributed by atoms with van der Waals surface area (Å²) in [6, 6.07) is 19.8. The Labute approximate surface area is 198 Å². The number of nitrogens with zero attached hydrogens (tertiary/aromatic N) is 2. The molecule has 9 heteroatoms. The van der Waals surface area contributed by atoms with Crippen LogP contribution >= 0.6 is 0 Å². The fourth-order valence-corrected chi connectivity index (χ4v) is 5.84. The van der Waals surface area contributed by atoms with E-state index in [-0.39, 0.29) is 29.7 Å². The van der Waals surface area contributed by atoms with Crippen LogP contribution in [0.1, 0.15) is 6.42 Å². The smallest absolute Gasteiger partial charge is 0.243 e. The Morgan fingerprint density at radius 1 is 0.941 bits per heavy atom. The summed E-state index contributed by atoms with van der Waals surface area (Å²) in [5.41, 5.74) is 1.29. The first-order valence-corrected chi connectivity index (χ1v) is 12.6. The zero-order chi connectivity index (χ0) is 23.7. The van der Waals surface area contributed by atoms with Gasteiger partial charge in [-0.05, 0) is 35.7 Å². The maximum atomic E-state index is 13.0. The minimum absolute atomic E-state index is 0.102. The molecule has 2 aliphatic rings. The van der Waals surface area contributed by atoms with Crippen molar-refractivity contribution in [2.45, 2.75) is 11.3 Å². The van der Waals surface area contributed by atoms with Gasteiger partial charge in [-0.2, -0.15) is 4.31 Å². The van der Waals surface area contributed by atoms with E-state index in [1.54, 1.807) is 17.0 Å². The van der Waals surface area contributed by atoms with Gasteiger partial charge < -0.3 is 15.0 Å². The van der Waals surface area contributed by atoms with Crippen molar-refractivity contribution in [3.8, 4) is 0 Å². The van der Waals surface area contributed by atoms with Gasteiger partial charge in [0.1, 0.15) is 0 Å². The van der Waals surface area contributed by atoms with Crippen molar-refractivity contribution in [1.82, 2.24) is 4.31 Å². The van der Waals surface area contributed by atoms with E-state index < -0.39 is 15.9 Å². The largest absolute Gasteiger partial charge is 0.379 e. The number of morpholine rings is 1. The highest BCUT2D eigenvalue weighted by Crippen LogP contribution is 2.29. The molecule has 0 aromatic heterocycles. The lowest BCUT2D eigenvalue weighted by Gasteiger charge is -2.26. The average molecular weight is 480 g/mol. The summed E-state index contributed by atoms with van der Waals surface area (Å²) < 4.78 is 32.3. The average Bonchev–Trinajstić information content (AvgIpc) is 3.26. The number of amides is 2. The van der Waals surface area contributed by atoms with Crippen molar-refractivity contribution in [3.05, 3.63) is 66.7 Å². The first-order chi connectivity index (χ1) is 16.4. The summed E-state index contributed by atoms with van der Waals surface area (Å²) >= 11 is 0. The number of carbonyl (C=O) groups excluding carboxylic acids is 2. The molecule has 3 aromatic carbocycles. The highest BCUT2D eigenvalue weighted by Gasteiger charge is 2.35. The second-order valence-corrected chi connectivity index (χ2v) is 10.4. The van der Waals surface area contributed by atoms with Crippen molar-refractivity contribution in [2.75, 3.05) is 43.1 Å². The fraction of sp³-hybridized carbons (Fsp3) is 0.280. The summed E-state index contributed by atoms with van der Waals surface area (Å²) in [4.78, 5) is 27.4. The number of anilines is 2. The molecule has 34 heavy (non-hydrogen) atoms. The lowest BCUT2D eigenvalue weighted by atomic mass is 10.1. The molecular formula is C25H25N3O5S. The first-order valence-electron chi connectivity index (χ1n) is 11.2. The number of carbonyl (C=O) groups is 2. The van der Waals surface area contributed by atoms with E-state index in [9.17, 15) is 18.0 Å². The molecule has 0 spiro atoms. The van der Waals surface area contributed by atoms with Crippen molar-refractivity contribution >= 4 is 44.0 Å². The maximum Gasteiger partial charge on any atom is 0.243 e. The Morgan fingerprint density at radius 3 is 2.41 bits per heavy atom. The SMILES string of the molecule is O=C(Nc1cccc2ccccc12)C1CC(=O)N(c2ccc(S(=O)(=O)N3CCOCC3)cc2)C1. The van der Waals surface area contributed by atoms with Crippen LogP contribution in [0.25, 0.3) is 10.8 Å². The fourth-order valence-electron chi connectivity index (χ4n) is 4.44. The Bertz CT molecular complexity index is 1330. The molecule has 2 amide bonds. The summed E-state index contributed by atoms with van der Waals surface area (Å²) in [7, 11) is -3.61. The molecule has 8 nitrogen and oxygen atoms in total. The Morgan fingerprint density at radius 2 is 1.65 bits per heavy atom. The second-order valence-electron chi connectivity index (χ2n) is 8.43. The summed E-state index contributed by atoms with van der Waals surface area (Å²) in [5, 5.41) is 4.94. The molecule has 2 heterocycles.